The molecule has 3 aromatic rings. The van der Waals surface area contributed by atoms with Gasteiger partial charge in [0.1, 0.15) is 0 Å². The number of hydrogen-bond acceptors (Lipinski definition) is 1. The van der Waals surface area contributed by atoms with Gasteiger partial charge in [-0.3, -0.25) is 4.79 Å². The maximum absolute atomic E-state index is 12.1. The van der Waals surface area contributed by atoms with Crippen molar-refractivity contribution in [1.82, 2.24) is 0 Å². The van der Waals surface area contributed by atoms with Crippen LogP contribution in [-0.4, -0.2) is 5.91 Å². The molecule has 0 spiro atoms. The summed E-state index contributed by atoms with van der Waals surface area (Å²) < 4.78 is 1.21. The highest BCUT2D eigenvalue weighted by atomic mass is 127. The number of anilines is 1. The topological polar surface area (TPSA) is 29.1 Å². The molecule has 1 aliphatic heterocycles. The second kappa shape index (κ2) is 5.39. The van der Waals surface area contributed by atoms with E-state index >= 15 is 0 Å². The minimum atomic E-state index is 0.0902. The maximum atomic E-state index is 12.1. The second-order valence-electron chi connectivity index (χ2n) is 5.57. The number of amides is 1. The average Bonchev–Trinajstić information content (AvgIpc) is 2.54. The first-order chi connectivity index (χ1) is 10.7. The standard InChI is InChI=1S/C19H14INO/c20-16-8-4-3-7-14(16)15-11-18(22)21-17-10-9-12-5-1-2-6-13(12)19(15)17/h1-10,15H,11H2,(H,21,22)/t15-/m0/s1. The van der Waals surface area contributed by atoms with Crippen LogP contribution in [0.3, 0.4) is 0 Å². The second-order valence-corrected chi connectivity index (χ2v) is 6.74. The van der Waals surface area contributed by atoms with E-state index in [9.17, 15) is 4.79 Å². The molecule has 2 nitrogen and oxygen atoms in total. The molecular weight excluding hydrogens is 385 g/mol. The Balaban J connectivity index is 2.02. The van der Waals surface area contributed by atoms with Gasteiger partial charge in [0.25, 0.3) is 0 Å². The zero-order valence-electron chi connectivity index (χ0n) is 11.8. The SMILES string of the molecule is O=C1C[C@@H](c2ccccc2I)c2c(ccc3ccccc23)N1. The van der Waals surface area contributed by atoms with E-state index in [4.69, 9.17) is 0 Å². The van der Waals surface area contributed by atoms with Gasteiger partial charge in [0.2, 0.25) is 5.91 Å². The Labute approximate surface area is 142 Å². The molecule has 3 heteroatoms. The molecule has 0 saturated carbocycles. The molecule has 22 heavy (non-hydrogen) atoms. The van der Waals surface area contributed by atoms with Crippen molar-refractivity contribution >= 4 is 45.0 Å². The van der Waals surface area contributed by atoms with Gasteiger partial charge >= 0.3 is 0 Å². The van der Waals surface area contributed by atoms with Crippen LogP contribution in [0.15, 0.2) is 60.7 Å². The molecule has 0 bridgehead atoms. The smallest absolute Gasteiger partial charge is 0.225 e. The molecule has 1 aliphatic rings. The van der Waals surface area contributed by atoms with E-state index in [2.05, 4.69) is 76.4 Å². The highest BCUT2D eigenvalue weighted by Crippen LogP contribution is 2.42. The van der Waals surface area contributed by atoms with Crippen LogP contribution in [-0.2, 0) is 4.79 Å². The average molecular weight is 399 g/mol. The Hall–Kier alpha value is -1.88. The van der Waals surface area contributed by atoms with Gasteiger partial charge in [0.05, 0.1) is 0 Å². The lowest BCUT2D eigenvalue weighted by molar-refractivity contribution is -0.116. The van der Waals surface area contributed by atoms with Crippen molar-refractivity contribution in [2.24, 2.45) is 0 Å². The molecule has 0 fully saturated rings. The fourth-order valence-electron chi connectivity index (χ4n) is 3.29. The molecule has 4 rings (SSSR count). The van der Waals surface area contributed by atoms with Crippen molar-refractivity contribution in [1.29, 1.82) is 0 Å². The first-order valence-corrected chi connectivity index (χ1v) is 8.38. The van der Waals surface area contributed by atoms with Gasteiger partial charge in [-0.1, -0.05) is 48.5 Å². The molecule has 0 radical (unpaired) electrons. The number of carbonyl (C=O) groups is 1. The van der Waals surface area contributed by atoms with Crippen molar-refractivity contribution in [3.63, 3.8) is 0 Å². The summed E-state index contributed by atoms with van der Waals surface area (Å²) in [5, 5.41) is 5.47. The summed E-state index contributed by atoms with van der Waals surface area (Å²) in [5.41, 5.74) is 3.41. The number of nitrogens with one attached hydrogen (secondary N) is 1. The van der Waals surface area contributed by atoms with Gasteiger partial charge in [-0.15, -0.1) is 0 Å². The largest absolute Gasteiger partial charge is 0.326 e. The number of benzene rings is 3. The molecule has 0 unspecified atom stereocenters. The minimum Gasteiger partial charge on any atom is -0.326 e. The maximum Gasteiger partial charge on any atom is 0.225 e. The monoisotopic (exact) mass is 399 g/mol. The van der Waals surface area contributed by atoms with Crippen LogP contribution in [0, 0.1) is 3.57 Å². The van der Waals surface area contributed by atoms with Crippen LogP contribution in [0.5, 0.6) is 0 Å². The summed E-state index contributed by atoms with van der Waals surface area (Å²) in [6.45, 7) is 0. The Kier molecular flexibility index (Phi) is 3.37. The van der Waals surface area contributed by atoms with Gasteiger partial charge in [0.15, 0.2) is 0 Å². The predicted molar refractivity (Wildman–Crippen MR) is 98.2 cm³/mol. The molecule has 0 saturated heterocycles. The molecule has 0 aromatic heterocycles. The third-order valence-electron chi connectivity index (χ3n) is 4.26. The lowest BCUT2D eigenvalue weighted by atomic mass is 9.82. The summed E-state index contributed by atoms with van der Waals surface area (Å²) in [5.74, 6) is 0.204. The summed E-state index contributed by atoms with van der Waals surface area (Å²) in [6.07, 6.45) is 0.501. The quantitative estimate of drug-likeness (QED) is 0.579. The fourth-order valence-corrected chi connectivity index (χ4v) is 4.06. The Morgan fingerprint density at radius 2 is 1.73 bits per heavy atom. The van der Waals surface area contributed by atoms with Gasteiger partial charge < -0.3 is 5.32 Å². The lowest BCUT2D eigenvalue weighted by Gasteiger charge is -2.28. The van der Waals surface area contributed by atoms with Crippen molar-refractivity contribution in [2.75, 3.05) is 5.32 Å². The molecule has 0 aliphatic carbocycles. The van der Waals surface area contributed by atoms with E-state index in [1.807, 2.05) is 12.1 Å². The molecule has 108 valence electrons. The van der Waals surface area contributed by atoms with Crippen LogP contribution < -0.4 is 5.32 Å². The van der Waals surface area contributed by atoms with E-state index in [1.54, 1.807) is 0 Å². The molecule has 3 aromatic carbocycles. The summed E-state index contributed by atoms with van der Waals surface area (Å²) >= 11 is 2.36. The van der Waals surface area contributed by atoms with Crippen molar-refractivity contribution < 1.29 is 4.79 Å². The predicted octanol–water partition coefficient (Wildman–Crippen LogP) is 4.92. The number of rotatable bonds is 1. The van der Waals surface area contributed by atoms with Crippen LogP contribution in [0.25, 0.3) is 10.8 Å². The molecular formula is C19H14INO. The zero-order valence-corrected chi connectivity index (χ0v) is 14.0. The Morgan fingerprint density at radius 1 is 0.955 bits per heavy atom. The first kappa shape index (κ1) is 13.8. The van der Waals surface area contributed by atoms with Gasteiger partial charge in [-0.05, 0) is 56.6 Å². The van der Waals surface area contributed by atoms with Crippen molar-refractivity contribution in [3.05, 3.63) is 75.4 Å². The third kappa shape index (κ3) is 2.20. The van der Waals surface area contributed by atoms with Crippen LogP contribution >= 0.6 is 22.6 Å². The van der Waals surface area contributed by atoms with Gasteiger partial charge in [-0.2, -0.15) is 0 Å². The van der Waals surface area contributed by atoms with Gasteiger partial charge in [0, 0.05) is 21.6 Å². The van der Waals surface area contributed by atoms with Crippen molar-refractivity contribution in [3.8, 4) is 0 Å². The van der Waals surface area contributed by atoms with E-state index < -0.39 is 0 Å². The molecule has 1 atom stereocenters. The van der Waals surface area contributed by atoms with Crippen LogP contribution in [0.4, 0.5) is 5.69 Å². The molecule has 1 heterocycles. The number of hydrogen-bond donors (Lipinski definition) is 1. The normalized spacial score (nSPS) is 17.1. The van der Waals surface area contributed by atoms with E-state index in [1.165, 1.54) is 25.5 Å². The summed E-state index contributed by atoms with van der Waals surface area (Å²) in [7, 11) is 0. The van der Waals surface area contributed by atoms with Crippen LogP contribution in [0.1, 0.15) is 23.5 Å². The van der Waals surface area contributed by atoms with E-state index in [0.29, 0.717) is 6.42 Å². The lowest BCUT2D eigenvalue weighted by Crippen LogP contribution is -2.24. The molecule has 1 amide bonds. The Morgan fingerprint density at radius 3 is 2.59 bits per heavy atom. The highest BCUT2D eigenvalue weighted by molar-refractivity contribution is 14.1. The first-order valence-electron chi connectivity index (χ1n) is 7.30. The third-order valence-corrected chi connectivity index (χ3v) is 5.25. The zero-order chi connectivity index (χ0) is 15.1. The highest BCUT2D eigenvalue weighted by Gasteiger charge is 2.29. The summed E-state index contributed by atoms with van der Waals surface area (Å²) in [6, 6.07) is 20.8. The fraction of sp³-hybridized carbons (Fsp3) is 0.105. The van der Waals surface area contributed by atoms with Crippen molar-refractivity contribution in [2.45, 2.75) is 12.3 Å². The Bertz CT molecular complexity index is 887. The number of carbonyl (C=O) groups excluding carboxylic acids is 1. The summed E-state index contributed by atoms with van der Waals surface area (Å²) in [4.78, 5) is 12.1. The number of halogens is 1. The minimum absolute atomic E-state index is 0.0902. The van der Waals surface area contributed by atoms with Gasteiger partial charge in [-0.25, -0.2) is 0 Å². The number of fused-ring (bicyclic) bond motifs is 3. The van der Waals surface area contributed by atoms with E-state index in [0.717, 1.165) is 5.69 Å². The molecule has 1 N–H and O–H groups in total. The van der Waals surface area contributed by atoms with Crippen LogP contribution in [0.2, 0.25) is 0 Å². The van der Waals surface area contributed by atoms with E-state index in [-0.39, 0.29) is 11.8 Å².